The van der Waals surface area contributed by atoms with Gasteiger partial charge in [-0.15, -0.1) is 0 Å². The smallest absolute Gasteiger partial charge is 0.187 e. The van der Waals surface area contributed by atoms with Crippen LogP contribution < -0.4 is 0 Å². The average molecular weight is 198 g/mol. The molecule has 72 valence electrons. The molecule has 1 aromatic rings. The van der Waals surface area contributed by atoms with Crippen LogP contribution in [0.5, 0.6) is 0 Å². The van der Waals surface area contributed by atoms with Gasteiger partial charge in [0.2, 0.25) is 0 Å². The van der Waals surface area contributed by atoms with Crippen LogP contribution in [0.25, 0.3) is 0 Å². The van der Waals surface area contributed by atoms with E-state index in [2.05, 4.69) is 9.97 Å². The van der Waals surface area contributed by atoms with Gasteiger partial charge in [-0.2, -0.15) is 0 Å². The molecular formula is C9H14N2OS. The van der Waals surface area contributed by atoms with Crippen LogP contribution in [0.4, 0.5) is 0 Å². The van der Waals surface area contributed by atoms with Crippen molar-refractivity contribution < 1.29 is 5.11 Å². The number of nitrogens with zero attached hydrogens (tertiary/aromatic N) is 2. The third-order valence-electron chi connectivity index (χ3n) is 1.73. The molecule has 0 aliphatic rings. The maximum Gasteiger partial charge on any atom is 0.187 e. The summed E-state index contributed by atoms with van der Waals surface area (Å²) in [6, 6.07) is 0. The van der Waals surface area contributed by atoms with Gasteiger partial charge in [-0.25, -0.2) is 9.97 Å². The third-order valence-corrected chi connectivity index (χ3v) is 2.92. The molecular weight excluding hydrogens is 184 g/mol. The summed E-state index contributed by atoms with van der Waals surface area (Å²) in [4.78, 5) is 8.28. The minimum atomic E-state index is -0.338. The second-order valence-corrected chi connectivity index (χ2v) is 4.45. The first-order valence-corrected chi connectivity index (χ1v) is 5.11. The molecule has 0 bridgehead atoms. The number of hydrogen-bond donors (Lipinski definition) is 1. The van der Waals surface area contributed by atoms with Gasteiger partial charge in [-0.05, 0) is 19.4 Å². The Hall–Kier alpha value is -0.610. The Morgan fingerprint density at radius 3 is 2.31 bits per heavy atom. The number of aliphatic hydroxyl groups is 1. The van der Waals surface area contributed by atoms with E-state index in [0.29, 0.717) is 0 Å². The van der Waals surface area contributed by atoms with Crippen LogP contribution in [0, 0.1) is 6.92 Å². The van der Waals surface area contributed by atoms with Crippen LogP contribution in [0.3, 0.4) is 0 Å². The molecule has 2 atom stereocenters. The summed E-state index contributed by atoms with van der Waals surface area (Å²) in [5.41, 5.74) is 1.05. The van der Waals surface area contributed by atoms with Crippen molar-refractivity contribution in [2.45, 2.75) is 37.3 Å². The summed E-state index contributed by atoms with van der Waals surface area (Å²) in [7, 11) is 0. The zero-order valence-corrected chi connectivity index (χ0v) is 8.88. The van der Waals surface area contributed by atoms with Gasteiger partial charge < -0.3 is 5.11 Å². The molecule has 1 aromatic heterocycles. The number of thioether (sulfide) groups is 1. The van der Waals surface area contributed by atoms with Gasteiger partial charge in [0, 0.05) is 17.6 Å². The normalized spacial score (nSPS) is 15.4. The fraction of sp³-hybridized carbons (Fsp3) is 0.556. The maximum absolute atomic E-state index is 9.26. The molecule has 1 heterocycles. The molecule has 3 nitrogen and oxygen atoms in total. The van der Waals surface area contributed by atoms with Gasteiger partial charge in [0.1, 0.15) is 0 Å². The minimum Gasteiger partial charge on any atom is -0.392 e. The molecule has 0 aliphatic carbocycles. The maximum atomic E-state index is 9.26. The van der Waals surface area contributed by atoms with Gasteiger partial charge in [-0.1, -0.05) is 18.7 Å². The molecule has 4 heteroatoms. The molecule has 1 rings (SSSR count). The van der Waals surface area contributed by atoms with E-state index in [0.717, 1.165) is 10.7 Å². The van der Waals surface area contributed by atoms with Gasteiger partial charge in [0.25, 0.3) is 0 Å². The Labute approximate surface area is 82.6 Å². The van der Waals surface area contributed by atoms with Crippen molar-refractivity contribution in [3.63, 3.8) is 0 Å². The summed E-state index contributed by atoms with van der Waals surface area (Å²) in [5.74, 6) is 0. The van der Waals surface area contributed by atoms with Crippen LogP contribution in [0.1, 0.15) is 19.4 Å². The van der Waals surface area contributed by atoms with Crippen LogP contribution in [0.2, 0.25) is 0 Å². The Kier molecular flexibility index (Phi) is 3.69. The molecule has 0 spiro atoms. The monoisotopic (exact) mass is 198 g/mol. The van der Waals surface area contributed by atoms with E-state index in [4.69, 9.17) is 0 Å². The zero-order valence-electron chi connectivity index (χ0n) is 8.06. The highest BCUT2D eigenvalue weighted by atomic mass is 32.2. The summed E-state index contributed by atoms with van der Waals surface area (Å²) in [5, 5.41) is 10.1. The Morgan fingerprint density at radius 2 is 1.85 bits per heavy atom. The van der Waals surface area contributed by atoms with Crippen LogP contribution in [-0.2, 0) is 0 Å². The molecule has 0 amide bonds. The molecule has 0 fully saturated rings. The predicted molar refractivity (Wildman–Crippen MR) is 53.8 cm³/mol. The van der Waals surface area contributed by atoms with E-state index in [9.17, 15) is 5.11 Å². The van der Waals surface area contributed by atoms with Gasteiger partial charge in [-0.3, -0.25) is 0 Å². The molecule has 0 aliphatic heterocycles. The molecule has 13 heavy (non-hydrogen) atoms. The zero-order chi connectivity index (χ0) is 9.84. The molecule has 0 aromatic carbocycles. The SMILES string of the molecule is Cc1cnc(SC(C)C(C)O)nc1. The van der Waals surface area contributed by atoms with Crippen molar-refractivity contribution in [1.82, 2.24) is 9.97 Å². The van der Waals surface area contributed by atoms with E-state index in [1.807, 2.05) is 13.8 Å². The van der Waals surface area contributed by atoms with Gasteiger partial charge in [0.15, 0.2) is 5.16 Å². The molecule has 0 radical (unpaired) electrons. The number of aromatic nitrogens is 2. The van der Waals surface area contributed by atoms with Crippen molar-refractivity contribution >= 4 is 11.8 Å². The largest absolute Gasteiger partial charge is 0.392 e. The van der Waals surface area contributed by atoms with Crippen LogP contribution in [-0.4, -0.2) is 26.4 Å². The summed E-state index contributed by atoms with van der Waals surface area (Å²) in [6.07, 6.45) is 3.23. The number of aliphatic hydroxyl groups excluding tert-OH is 1. The number of aryl methyl sites for hydroxylation is 1. The Balaban J connectivity index is 2.59. The minimum absolute atomic E-state index is 0.128. The Morgan fingerprint density at radius 1 is 1.31 bits per heavy atom. The first-order chi connectivity index (χ1) is 6.09. The van der Waals surface area contributed by atoms with Gasteiger partial charge >= 0.3 is 0 Å². The van der Waals surface area contributed by atoms with E-state index in [-0.39, 0.29) is 11.4 Å². The average Bonchev–Trinajstić information content (AvgIpc) is 2.08. The fourth-order valence-electron chi connectivity index (χ4n) is 0.706. The third kappa shape index (κ3) is 3.32. The van der Waals surface area contributed by atoms with E-state index >= 15 is 0 Å². The van der Waals surface area contributed by atoms with Crippen molar-refractivity contribution in [3.05, 3.63) is 18.0 Å². The van der Waals surface area contributed by atoms with Crippen LogP contribution in [0.15, 0.2) is 17.6 Å². The highest BCUT2D eigenvalue weighted by Gasteiger charge is 2.11. The summed E-state index contributed by atoms with van der Waals surface area (Å²) < 4.78 is 0. The molecule has 0 saturated heterocycles. The summed E-state index contributed by atoms with van der Waals surface area (Å²) in [6.45, 7) is 5.68. The van der Waals surface area contributed by atoms with E-state index in [1.165, 1.54) is 11.8 Å². The molecule has 2 unspecified atom stereocenters. The fourth-order valence-corrected chi connectivity index (χ4v) is 1.46. The highest BCUT2D eigenvalue weighted by molar-refractivity contribution is 7.99. The highest BCUT2D eigenvalue weighted by Crippen LogP contribution is 2.20. The van der Waals surface area contributed by atoms with Crippen molar-refractivity contribution in [1.29, 1.82) is 0 Å². The number of rotatable bonds is 3. The second-order valence-electron chi connectivity index (χ2n) is 3.11. The molecule has 0 saturated carbocycles. The first-order valence-electron chi connectivity index (χ1n) is 4.23. The van der Waals surface area contributed by atoms with E-state index < -0.39 is 0 Å². The van der Waals surface area contributed by atoms with Crippen molar-refractivity contribution in [3.8, 4) is 0 Å². The lowest BCUT2D eigenvalue weighted by Crippen LogP contribution is -2.15. The van der Waals surface area contributed by atoms with Gasteiger partial charge in [0.05, 0.1) is 6.10 Å². The lowest BCUT2D eigenvalue weighted by molar-refractivity contribution is 0.196. The van der Waals surface area contributed by atoms with Crippen molar-refractivity contribution in [2.24, 2.45) is 0 Å². The summed E-state index contributed by atoms with van der Waals surface area (Å²) >= 11 is 1.49. The Bertz CT molecular complexity index is 261. The lowest BCUT2D eigenvalue weighted by Gasteiger charge is -2.12. The van der Waals surface area contributed by atoms with Crippen LogP contribution >= 0.6 is 11.8 Å². The first kappa shape index (κ1) is 10.5. The lowest BCUT2D eigenvalue weighted by atomic mass is 10.3. The van der Waals surface area contributed by atoms with E-state index in [1.54, 1.807) is 19.3 Å². The standard InChI is InChI=1S/C9H14N2OS/c1-6-4-10-9(11-5-6)13-8(3)7(2)12/h4-5,7-8,12H,1-3H3. The van der Waals surface area contributed by atoms with Crippen molar-refractivity contribution in [2.75, 3.05) is 0 Å². The topological polar surface area (TPSA) is 46.0 Å². The second kappa shape index (κ2) is 4.58. The predicted octanol–water partition coefficient (Wildman–Crippen LogP) is 1.65. The number of hydrogen-bond acceptors (Lipinski definition) is 4. The molecule has 1 N–H and O–H groups in total. The quantitative estimate of drug-likeness (QED) is 0.592.